The first kappa shape index (κ1) is 20.1. The standard InChI is InChI=1S/C20H28N4O4/c1-20(2,3)16-10-12(8-9-24(16)19(27)28)14-5-4-13(11-21-14)22-15-6-7-17(25)23-18(15)26/h4-5,11-12,15-16,22H,6-10H2,1-3H3,(H,27,28)(H,23,25,26). The van der Waals surface area contributed by atoms with Gasteiger partial charge in [-0.2, -0.15) is 0 Å². The van der Waals surface area contributed by atoms with Crippen molar-refractivity contribution < 1.29 is 19.5 Å². The van der Waals surface area contributed by atoms with Crippen LogP contribution in [0.3, 0.4) is 0 Å². The Balaban J connectivity index is 1.67. The smallest absolute Gasteiger partial charge is 0.407 e. The lowest BCUT2D eigenvalue weighted by Gasteiger charge is -2.44. The predicted octanol–water partition coefficient (Wildman–Crippen LogP) is 2.57. The average Bonchev–Trinajstić information content (AvgIpc) is 2.63. The molecule has 0 bridgehead atoms. The number of nitrogens with one attached hydrogen (secondary N) is 2. The molecule has 0 saturated carbocycles. The normalized spacial score (nSPS) is 26.0. The zero-order valence-electron chi connectivity index (χ0n) is 16.6. The van der Waals surface area contributed by atoms with Gasteiger partial charge < -0.3 is 15.3 Å². The van der Waals surface area contributed by atoms with Crippen molar-refractivity contribution in [3.63, 3.8) is 0 Å². The van der Waals surface area contributed by atoms with Crippen LogP contribution in [-0.4, -0.2) is 51.5 Å². The van der Waals surface area contributed by atoms with Crippen LogP contribution < -0.4 is 10.6 Å². The van der Waals surface area contributed by atoms with E-state index in [-0.39, 0.29) is 29.2 Å². The van der Waals surface area contributed by atoms with E-state index in [2.05, 4.69) is 36.4 Å². The molecule has 0 aromatic carbocycles. The number of anilines is 1. The molecule has 0 spiro atoms. The lowest BCUT2D eigenvalue weighted by Crippen LogP contribution is -2.51. The number of amides is 3. The molecule has 152 valence electrons. The number of rotatable bonds is 3. The first-order valence-electron chi connectivity index (χ1n) is 9.71. The van der Waals surface area contributed by atoms with Crippen molar-refractivity contribution in [2.24, 2.45) is 5.41 Å². The number of nitrogens with zero attached hydrogens (tertiary/aromatic N) is 2. The summed E-state index contributed by atoms with van der Waals surface area (Å²) in [7, 11) is 0. The summed E-state index contributed by atoms with van der Waals surface area (Å²) in [5.74, 6) is -0.350. The molecule has 0 radical (unpaired) electrons. The number of carbonyl (C=O) groups is 3. The Morgan fingerprint density at radius 1 is 1.29 bits per heavy atom. The van der Waals surface area contributed by atoms with Crippen LogP contribution in [0.5, 0.6) is 0 Å². The molecular formula is C20H28N4O4. The molecule has 8 nitrogen and oxygen atoms in total. The summed E-state index contributed by atoms with van der Waals surface area (Å²) in [4.78, 5) is 40.8. The number of piperidine rings is 2. The second kappa shape index (κ2) is 7.77. The quantitative estimate of drug-likeness (QED) is 0.686. The Morgan fingerprint density at radius 3 is 2.61 bits per heavy atom. The molecule has 3 N–H and O–H groups in total. The van der Waals surface area contributed by atoms with Gasteiger partial charge in [-0.15, -0.1) is 0 Å². The molecule has 2 saturated heterocycles. The van der Waals surface area contributed by atoms with E-state index in [0.29, 0.717) is 19.4 Å². The summed E-state index contributed by atoms with van der Waals surface area (Å²) in [6, 6.07) is 3.33. The van der Waals surface area contributed by atoms with Crippen molar-refractivity contribution in [2.75, 3.05) is 11.9 Å². The molecule has 1 aromatic rings. The predicted molar refractivity (Wildman–Crippen MR) is 104 cm³/mol. The molecule has 1 aromatic heterocycles. The van der Waals surface area contributed by atoms with E-state index < -0.39 is 12.1 Å². The fourth-order valence-corrected chi connectivity index (χ4v) is 4.05. The van der Waals surface area contributed by atoms with Gasteiger partial charge in [0.05, 0.1) is 11.9 Å². The van der Waals surface area contributed by atoms with Gasteiger partial charge in [0, 0.05) is 30.6 Å². The van der Waals surface area contributed by atoms with Crippen LogP contribution >= 0.6 is 0 Å². The number of carboxylic acid groups (broad SMARTS) is 1. The van der Waals surface area contributed by atoms with Crippen LogP contribution in [0.25, 0.3) is 0 Å². The van der Waals surface area contributed by atoms with Crippen molar-refractivity contribution in [3.05, 3.63) is 24.0 Å². The lowest BCUT2D eigenvalue weighted by atomic mass is 9.76. The van der Waals surface area contributed by atoms with Crippen molar-refractivity contribution in [1.29, 1.82) is 0 Å². The molecule has 3 heterocycles. The van der Waals surface area contributed by atoms with Gasteiger partial charge in [0.25, 0.3) is 0 Å². The van der Waals surface area contributed by atoms with Gasteiger partial charge in [0.1, 0.15) is 6.04 Å². The number of hydrogen-bond acceptors (Lipinski definition) is 5. The number of carbonyl (C=O) groups excluding carboxylic acids is 2. The Kier molecular flexibility index (Phi) is 5.58. The third-order valence-electron chi connectivity index (χ3n) is 5.63. The fraction of sp³-hybridized carbons (Fsp3) is 0.600. The highest BCUT2D eigenvalue weighted by atomic mass is 16.4. The number of imide groups is 1. The summed E-state index contributed by atoms with van der Waals surface area (Å²) in [5, 5.41) is 15.0. The van der Waals surface area contributed by atoms with Crippen LogP contribution in [0.1, 0.15) is 58.1 Å². The monoisotopic (exact) mass is 388 g/mol. The molecule has 2 aliphatic heterocycles. The van der Waals surface area contributed by atoms with Crippen LogP contribution in [0, 0.1) is 5.41 Å². The molecule has 3 amide bonds. The molecule has 0 aliphatic carbocycles. The maximum Gasteiger partial charge on any atom is 0.407 e. The Bertz CT molecular complexity index is 756. The highest BCUT2D eigenvalue weighted by Gasteiger charge is 2.39. The summed E-state index contributed by atoms with van der Waals surface area (Å²) in [6.07, 6.45) is 3.11. The van der Waals surface area contributed by atoms with Gasteiger partial charge in [-0.1, -0.05) is 20.8 Å². The zero-order chi connectivity index (χ0) is 20.5. The second-order valence-corrected chi connectivity index (χ2v) is 8.70. The third kappa shape index (κ3) is 4.43. The summed E-state index contributed by atoms with van der Waals surface area (Å²) >= 11 is 0. The van der Waals surface area contributed by atoms with E-state index in [9.17, 15) is 19.5 Å². The minimum Gasteiger partial charge on any atom is -0.465 e. The largest absolute Gasteiger partial charge is 0.465 e. The number of pyridine rings is 1. The maximum absolute atomic E-state index is 11.9. The van der Waals surface area contributed by atoms with Crippen LogP contribution in [0.15, 0.2) is 18.3 Å². The third-order valence-corrected chi connectivity index (χ3v) is 5.63. The summed E-state index contributed by atoms with van der Waals surface area (Å²) in [6.45, 7) is 6.70. The molecule has 2 fully saturated rings. The summed E-state index contributed by atoms with van der Waals surface area (Å²) in [5.41, 5.74) is 1.52. The number of aromatic nitrogens is 1. The molecule has 3 rings (SSSR count). The van der Waals surface area contributed by atoms with E-state index in [1.165, 1.54) is 0 Å². The molecule has 3 unspecified atom stereocenters. The van der Waals surface area contributed by atoms with Crippen molar-refractivity contribution in [3.8, 4) is 0 Å². The second-order valence-electron chi connectivity index (χ2n) is 8.70. The Hall–Kier alpha value is -2.64. The fourth-order valence-electron chi connectivity index (χ4n) is 4.05. The highest BCUT2D eigenvalue weighted by molar-refractivity contribution is 6.01. The average molecular weight is 388 g/mol. The number of hydrogen-bond donors (Lipinski definition) is 3. The molecular weight excluding hydrogens is 360 g/mol. The molecule has 2 aliphatic rings. The van der Waals surface area contributed by atoms with Gasteiger partial charge in [0.15, 0.2) is 0 Å². The van der Waals surface area contributed by atoms with E-state index in [1.54, 1.807) is 11.1 Å². The van der Waals surface area contributed by atoms with Crippen LogP contribution in [0.4, 0.5) is 10.5 Å². The van der Waals surface area contributed by atoms with Crippen molar-refractivity contribution >= 4 is 23.6 Å². The van der Waals surface area contributed by atoms with E-state index in [4.69, 9.17) is 0 Å². The van der Waals surface area contributed by atoms with Crippen LogP contribution in [-0.2, 0) is 9.59 Å². The highest BCUT2D eigenvalue weighted by Crippen LogP contribution is 2.38. The van der Waals surface area contributed by atoms with Gasteiger partial charge in [0.2, 0.25) is 11.8 Å². The molecule has 3 atom stereocenters. The van der Waals surface area contributed by atoms with Crippen molar-refractivity contribution in [2.45, 2.75) is 64.5 Å². The Morgan fingerprint density at radius 2 is 2.04 bits per heavy atom. The van der Waals surface area contributed by atoms with E-state index in [1.807, 2.05) is 12.1 Å². The van der Waals surface area contributed by atoms with Gasteiger partial charge in [-0.25, -0.2) is 4.79 Å². The van der Waals surface area contributed by atoms with Crippen LogP contribution in [0.2, 0.25) is 0 Å². The lowest BCUT2D eigenvalue weighted by molar-refractivity contribution is -0.133. The van der Waals surface area contributed by atoms with E-state index >= 15 is 0 Å². The summed E-state index contributed by atoms with van der Waals surface area (Å²) < 4.78 is 0. The molecule has 28 heavy (non-hydrogen) atoms. The minimum atomic E-state index is -0.866. The van der Waals surface area contributed by atoms with Gasteiger partial charge >= 0.3 is 6.09 Å². The maximum atomic E-state index is 11.9. The zero-order valence-corrected chi connectivity index (χ0v) is 16.6. The van der Waals surface area contributed by atoms with E-state index in [0.717, 1.165) is 24.2 Å². The molecule has 8 heteroatoms. The van der Waals surface area contributed by atoms with Gasteiger partial charge in [-0.3, -0.25) is 19.9 Å². The SMILES string of the molecule is CC(C)(C)C1CC(c2ccc(NC3CCC(=O)NC3=O)cn2)CCN1C(=O)O. The number of likely N-dealkylation sites (tertiary alicyclic amines) is 1. The minimum absolute atomic E-state index is 0.0631. The first-order chi connectivity index (χ1) is 13.1. The van der Waals surface area contributed by atoms with Crippen molar-refractivity contribution in [1.82, 2.24) is 15.2 Å². The first-order valence-corrected chi connectivity index (χ1v) is 9.71. The topological polar surface area (TPSA) is 112 Å². The Labute approximate surface area is 164 Å². The van der Waals surface area contributed by atoms with Gasteiger partial charge in [-0.05, 0) is 36.8 Å².